The van der Waals surface area contributed by atoms with Gasteiger partial charge in [-0.15, -0.1) is 0 Å². The van der Waals surface area contributed by atoms with Crippen LogP contribution in [0.1, 0.15) is 58.1 Å². The molecular weight excluding hydrogens is 454 g/mol. The molecule has 0 aromatic heterocycles. The number of carbonyl (C=O) groups is 2. The standard InChI is InChI=1S/C25H35N3O5S/c1-7-28(8-2)34(31,32)20-10-12-23(22(16-20)27-25(30)13-14-26-19(6)29)33-24-15-18(5)9-11-21(24)17(3)4/h9-12,15-17H,7-8,13-14H2,1-6H3,(H,26,29)(H,27,30). The average molecular weight is 490 g/mol. The van der Waals surface area contributed by atoms with Crippen molar-refractivity contribution in [1.82, 2.24) is 9.62 Å². The van der Waals surface area contributed by atoms with E-state index in [1.807, 2.05) is 25.1 Å². The van der Waals surface area contributed by atoms with Crippen LogP contribution >= 0.6 is 0 Å². The maximum absolute atomic E-state index is 13.1. The molecule has 0 aliphatic carbocycles. The number of nitrogens with zero attached hydrogens (tertiary/aromatic N) is 1. The van der Waals surface area contributed by atoms with Crippen LogP contribution in [0, 0.1) is 6.92 Å². The second kappa shape index (κ2) is 12.0. The van der Waals surface area contributed by atoms with Crippen molar-refractivity contribution >= 4 is 27.5 Å². The van der Waals surface area contributed by atoms with Gasteiger partial charge in [-0.25, -0.2) is 8.42 Å². The third-order valence-corrected chi connectivity index (χ3v) is 7.35. The molecule has 0 bridgehead atoms. The highest BCUT2D eigenvalue weighted by Crippen LogP contribution is 2.36. The summed E-state index contributed by atoms with van der Waals surface area (Å²) in [6, 6.07) is 10.4. The van der Waals surface area contributed by atoms with Crippen LogP contribution in [0.5, 0.6) is 11.5 Å². The van der Waals surface area contributed by atoms with Crippen molar-refractivity contribution in [3.05, 3.63) is 47.5 Å². The Hall–Kier alpha value is -2.91. The first kappa shape index (κ1) is 27.3. The number of carbonyl (C=O) groups excluding carboxylic acids is 2. The van der Waals surface area contributed by atoms with Gasteiger partial charge in [0.25, 0.3) is 0 Å². The molecule has 2 N–H and O–H groups in total. The first-order valence-electron chi connectivity index (χ1n) is 11.5. The van der Waals surface area contributed by atoms with E-state index in [2.05, 4.69) is 24.5 Å². The molecule has 0 fully saturated rings. The van der Waals surface area contributed by atoms with Crippen molar-refractivity contribution in [3.63, 3.8) is 0 Å². The molecule has 0 atom stereocenters. The van der Waals surface area contributed by atoms with Crippen LogP contribution in [-0.2, 0) is 19.6 Å². The number of sulfonamides is 1. The minimum atomic E-state index is -3.74. The highest BCUT2D eigenvalue weighted by Gasteiger charge is 2.24. The molecule has 34 heavy (non-hydrogen) atoms. The third-order valence-electron chi connectivity index (χ3n) is 5.31. The molecule has 0 aliphatic rings. The van der Waals surface area contributed by atoms with Crippen LogP contribution in [0.4, 0.5) is 5.69 Å². The predicted molar refractivity (Wildman–Crippen MR) is 134 cm³/mol. The Kier molecular flexibility index (Phi) is 9.64. The second-order valence-corrected chi connectivity index (χ2v) is 10.3. The Morgan fingerprint density at radius 1 is 1.03 bits per heavy atom. The molecule has 2 aromatic rings. The minimum absolute atomic E-state index is 0.0354. The highest BCUT2D eigenvalue weighted by atomic mass is 32.2. The lowest BCUT2D eigenvalue weighted by molar-refractivity contribution is -0.119. The van der Waals surface area contributed by atoms with Crippen molar-refractivity contribution in [2.24, 2.45) is 0 Å². The number of anilines is 1. The zero-order valence-electron chi connectivity index (χ0n) is 20.8. The number of amides is 2. The quantitative estimate of drug-likeness (QED) is 0.487. The van der Waals surface area contributed by atoms with E-state index in [4.69, 9.17) is 4.74 Å². The summed E-state index contributed by atoms with van der Waals surface area (Å²) < 4.78 is 33.7. The van der Waals surface area contributed by atoms with Crippen molar-refractivity contribution in [2.45, 2.75) is 58.8 Å². The zero-order chi connectivity index (χ0) is 25.5. The molecule has 0 saturated heterocycles. The highest BCUT2D eigenvalue weighted by molar-refractivity contribution is 7.89. The molecule has 9 heteroatoms. The topological polar surface area (TPSA) is 105 Å². The van der Waals surface area contributed by atoms with Crippen molar-refractivity contribution in [2.75, 3.05) is 25.0 Å². The van der Waals surface area contributed by atoms with E-state index in [9.17, 15) is 18.0 Å². The number of hydrogen-bond donors (Lipinski definition) is 2. The van der Waals surface area contributed by atoms with Crippen molar-refractivity contribution in [3.8, 4) is 11.5 Å². The van der Waals surface area contributed by atoms with Gasteiger partial charge in [0.05, 0.1) is 10.6 Å². The first-order chi connectivity index (χ1) is 16.0. The number of benzene rings is 2. The summed E-state index contributed by atoms with van der Waals surface area (Å²) in [5.74, 6) is 0.574. The van der Waals surface area contributed by atoms with Gasteiger partial charge < -0.3 is 15.4 Å². The van der Waals surface area contributed by atoms with Gasteiger partial charge >= 0.3 is 0 Å². The molecule has 0 spiro atoms. The summed E-state index contributed by atoms with van der Waals surface area (Å²) in [5.41, 5.74) is 2.26. The normalized spacial score (nSPS) is 11.5. The summed E-state index contributed by atoms with van der Waals surface area (Å²) in [6.07, 6.45) is 0.0354. The van der Waals surface area contributed by atoms with Crippen LogP contribution in [-0.4, -0.2) is 44.2 Å². The summed E-state index contributed by atoms with van der Waals surface area (Å²) in [7, 11) is -3.74. The first-order valence-corrected chi connectivity index (χ1v) is 12.9. The fraction of sp³-hybridized carbons (Fsp3) is 0.440. The van der Waals surface area contributed by atoms with Gasteiger partial charge in [-0.05, 0) is 48.2 Å². The van der Waals surface area contributed by atoms with Crippen LogP contribution in [0.15, 0.2) is 41.3 Å². The Morgan fingerprint density at radius 3 is 2.29 bits per heavy atom. The number of ether oxygens (including phenoxy) is 1. The molecule has 0 unspecified atom stereocenters. The van der Waals surface area contributed by atoms with Gasteiger partial charge in [-0.2, -0.15) is 4.31 Å². The monoisotopic (exact) mass is 489 g/mol. The molecule has 2 aromatic carbocycles. The smallest absolute Gasteiger partial charge is 0.243 e. The van der Waals surface area contributed by atoms with Crippen LogP contribution in [0.25, 0.3) is 0 Å². The van der Waals surface area contributed by atoms with Gasteiger partial charge in [0.1, 0.15) is 5.75 Å². The fourth-order valence-corrected chi connectivity index (χ4v) is 4.94. The molecule has 0 heterocycles. The van der Waals surface area contributed by atoms with E-state index in [1.54, 1.807) is 19.9 Å². The zero-order valence-corrected chi connectivity index (χ0v) is 21.6. The molecular formula is C25H35N3O5S. The van der Waals surface area contributed by atoms with E-state index in [0.717, 1.165) is 11.1 Å². The van der Waals surface area contributed by atoms with Gasteiger partial charge in [-0.1, -0.05) is 39.8 Å². The Bertz CT molecular complexity index is 1130. The Labute approximate surface area is 202 Å². The molecule has 0 radical (unpaired) electrons. The minimum Gasteiger partial charge on any atom is -0.455 e. The average Bonchev–Trinajstić information content (AvgIpc) is 2.75. The fourth-order valence-electron chi connectivity index (χ4n) is 3.46. The molecule has 8 nitrogen and oxygen atoms in total. The molecule has 0 saturated carbocycles. The van der Waals surface area contributed by atoms with Crippen LogP contribution in [0.3, 0.4) is 0 Å². The van der Waals surface area contributed by atoms with Gasteiger partial charge in [0.15, 0.2) is 5.75 Å². The summed E-state index contributed by atoms with van der Waals surface area (Å²) in [6.45, 7) is 11.8. The Balaban J connectivity index is 2.48. The van der Waals surface area contributed by atoms with Gasteiger partial charge in [0.2, 0.25) is 21.8 Å². The van der Waals surface area contributed by atoms with E-state index in [1.165, 1.54) is 23.4 Å². The molecule has 2 rings (SSSR count). The van der Waals surface area contributed by atoms with Crippen molar-refractivity contribution < 1.29 is 22.7 Å². The SMILES string of the molecule is CCN(CC)S(=O)(=O)c1ccc(Oc2cc(C)ccc2C(C)C)c(NC(=O)CCNC(C)=O)c1. The van der Waals surface area contributed by atoms with E-state index >= 15 is 0 Å². The molecule has 0 aliphatic heterocycles. The predicted octanol–water partition coefficient (Wildman–Crippen LogP) is 4.41. The van der Waals surface area contributed by atoms with Crippen LogP contribution in [0.2, 0.25) is 0 Å². The largest absolute Gasteiger partial charge is 0.455 e. The molecule has 2 amide bonds. The molecule has 186 valence electrons. The van der Waals surface area contributed by atoms with Crippen molar-refractivity contribution in [1.29, 1.82) is 0 Å². The second-order valence-electron chi connectivity index (χ2n) is 8.33. The van der Waals surface area contributed by atoms with Crippen LogP contribution < -0.4 is 15.4 Å². The van der Waals surface area contributed by atoms with E-state index in [-0.39, 0.29) is 41.3 Å². The maximum atomic E-state index is 13.1. The number of hydrogen-bond acceptors (Lipinski definition) is 5. The summed E-state index contributed by atoms with van der Waals surface area (Å²) in [5, 5.41) is 5.33. The Morgan fingerprint density at radius 2 is 1.71 bits per heavy atom. The van der Waals surface area contributed by atoms with Gasteiger partial charge in [0, 0.05) is 33.0 Å². The third kappa shape index (κ3) is 7.04. The number of aryl methyl sites for hydroxylation is 1. The number of rotatable bonds is 11. The van der Waals surface area contributed by atoms with Gasteiger partial charge in [-0.3, -0.25) is 9.59 Å². The summed E-state index contributed by atoms with van der Waals surface area (Å²) >= 11 is 0. The maximum Gasteiger partial charge on any atom is 0.243 e. The lowest BCUT2D eigenvalue weighted by atomic mass is 10.0. The van der Waals surface area contributed by atoms with E-state index < -0.39 is 10.0 Å². The van der Waals surface area contributed by atoms with E-state index in [0.29, 0.717) is 24.6 Å². The number of nitrogens with one attached hydrogen (secondary N) is 2. The lowest BCUT2D eigenvalue weighted by Gasteiger charge is -2.21. The summed E-state index contributed by atoms with van der Waals surface area (Å²) in [4.78, 5) is 23.7. The lowest BCUT2D eigenvalue weighted by Crippen LogP contribution is -2.30.